The average Bonchev–Trinajstić information content (AvgIpc) is 2.35. The van der Waals surface area contributed by atoms with E-state index in [-0.39, 0.29) is 0 Å². The van der Waals surface area contributed by atoms with Gasteiger partial charge >= 0.3 is 0 Å². The fraction of sp³-hybridized carbons (Fsp3) is 0.538. The number of hydrogen-bond donors (Lipinski definition) is 2. The molecule has 0 saturated carbocycles. The number of methoxy groups -OCH3 is 1. The van der Waals surface area contributed by atoms with Crippen molar-refractivity contribution in [3.8, 4) is 5.75 Å². The summed E-state index contributed by atoms with van der Waals surface area (Å²) in [6.07, 6.45) is 0. The maximum absolute atomic E-state index is 12.1. The molecule has 108 valence electrons. The van der Waals surface area contributed by atoms with Crippen LogP contribution in [0.2, 0.25) is 0 Å². The van der Waals surface area contributed by atoms with Crippen LogP contribution in [-0.4, -0.2) is 33.9 Å². The Morgan fingerprint density at radius 3 is 2.58 bits per heavy atom. The van der Waals surface area contributed by atoms with E-state index >= 15 is 0 Å². The molecule has 2 N–H and O–H groups in total. The second kappa shape index (κ2) is 6.77. The number of ether oxygens (including phenoxy) is 1. The zero-order valence-electron chi connectivity index (χ0n) is 11.9. The first-order valence-corrected chi connectivity index (χ1v) is 7.82. The van der Waals surface area contributed by atoms with Gasteiger partial charge in [0.05, 0.1) is 12.4 Å². The normalized spacial score (nSPS) is 13.1. The molecule has 0 saturated heterocycles. The average molecular weight is 286 g/mol. The van der Waals surface area contributed by atoms with E-state index < -0.39 is 15.3 Å². The topological polar surface area (TPSA) is 67.4 Å². The van der Waals surface area contributed by atoms with Gasteiger partial charge < -0.3 is 10.1 Å². The minimum Gasteiger partial charge on any atom is -0.496 e. The monoisotopic (exact) mass is 286 g/mol. The molecule has 1 rings (SSSR count). The smallest absolute Gasteiger partial charge is 0.236 e. The molecular formula is C13H22N2O3S. The maximum atomic E-state index is 12.1. The molecule has 1 aromatic rings. The first-order chi connectivity index (χ1) is 8.90. The Balaban J connectivity index is 2.80. The van der Waals surface area contributed by atoms with Crippen LogP contribution in [0.1, 0.15) is 19.4 Å². The van der Waals surface area contributed by atoms with Gasteiger partial charge in [-0.1, -0.05) is 6.92 Å². The van der Waals surface area contributed by atoms with Gasteiger partial charge in [-0.05, 0) is 44.2 Å². The Hall–Kier alpha value is -1.27. The molecule has 0 spiro atoms. The van der Waals surface area contributed by atoms with Crippen molar-refractivity contribution in [1.82, 2.24) is 5.32 Å². The van der Waals surface area contributed by atoms with Crippen LogP contribution in [0, 0.1) is 6.92 Å². The van der Waals surface area contributed by atoms with E-state index in [1.807, 2.05) is 13.8 Å². The predicted molar refractivity (Wildman–Crippen MR) is 78.3 cm³/mol. The second-order valence-electron chi connectivity index (χ2n) is 4.45. The summed E-state index contributed by atoms with van der Waals surface area (Å²) in [4.78, 5) is 0. The van der Waals surface area contributed by atoms with Crippen LogP contribution in [0.15, 0.2) is 18.2 Å². The molecule has 1 atom stereocenters. The Labute approximate surface area is 115 Å². The highest BCUT2D eigenvalue weighted by Gasteiger charge is 2.20. The lowest BCUT2D eigenvalue weighted by Crippen LogP contribution is -2.34. The Bertz CT molecular complexity index is 515. The van der Waals surface area contributed by atoms with Crippen LogP contribution >= 0.6 is 0 Å². The Morgan fingerprint density at radius 2 is 2.05 bits per heavy atom. The third kappa shape index (κ3) is 4.40. The summed E-state index contributed by atoms with van der Waals surface area (Å²) >= 11 is 0. The van der Waals surface area contributed by atoms with Gasteiger partial charge in [0.15, 0.2) is 0 Å². The molecule has 0 fully saturated rings. The van der Waals surface area contributed by atoms with Crippen molar-refractivity contribution in [3.05, 3.63) is 23.8 Å². The van der Waals surface area contributed by atoms with Gasteiger partial charge in [-0.25, -0.2) is 8.42 Å². The molecule has 1 aromatic carbocycles. The van der Waals surface area contributed by atoms with Crippen molar-refractivity contribution in [3.63, 3.8) is 0 Å². The predicted octanol–water partition coefficient (Wildman–Crippen LogP) is 1.74. The molecule has 5 nitrogen and oxygen atoms in total. The SMILES string of the molecule is CCNCC(C)S(=O)(=O)Nc1ccc(OC)c(C)c1. The second-order valence-corrected chi connectivity index (χ2v) is 6.55. The van der Waals surface area contributed by atoms with Crippen molar-refractivity contribution in [2.75, 3.05) is 24.9 Å². The first-order valence-electron chi connectivity index (χ1n) is 6.27. The van der Waals surface area contributed by atoms with E-state index in [2.05, 4.69) is 10.0 Å². The minimum absolute atomic E-state index is 0.432. The van der Waals surface area contributed by atoms with E-state index in [1.54, 1.807) is 32.2 Å². The van der Waals surface area contributed by atoms with E-state index in [0.717, 1.165) is 17.9 Å². The highest BCUT2D eigenvalue weighted by molar-refractivity contribution is 7.93. The zero-order chi connectivity index (χ0) is 14.5. The molecule has 0 heterocycles. The van der Waals surface area contributed by atoms with Crippen LogP contribution in [-0.2, 0) is 10.0 Å². The van der Waals surface area contributed by atoms with Crippen molar-refractivity contribution in [2.24, 2.45) is 0 Å². The summed E-state index contributed by atoms with van der Waals surface area (Å²) in [5.41, 5.74) is 1.45. The number of rotatable bonds is 7. The van der Waals surface area contributed by atoms with Crippen molar-refractivity contribution in [2.45, 2.75) is 26.0 Å². The molecule has 0 aliphatic heterocycles. The van der Waals surface area contributed by atoms with Gasteiger partial charge in [0.1, 0.15) is 5.75 Å². The van der Waals surface area contributed by atoms with Gasteiger partial charge in [0, 0.05) is 12.2 Å². The van der Waals surface area contributed by atoms with E-state index in [1.165, 1.54) is 0 Å². The largest absolute Gasteiger partial charge is 0.496 e. The molecule has 0 aliphatic rings. The van der Waals surface area contributed by atoms with Crippen LogP contribution in [0.25, 0.3) is 0 Å². The maximum Gasteiger partial charge on any atom is 0.236 e. The van der Waals surface area contributed by atoms with E-state index in [4.69, 9.17) is 4.74 Å². The Kier molecular flexibility index (Phi) is 5.62. The molecule has 6 heteroatoms. The van der Waals surface area contributed by atoms with Crippen molar-refractivity contribution < 1.29 is 13.2 Å². The molecular weight excluding hydrogens is 264 g/mol. The molecule has 0 bridgehead atoms. The number of anilines is 1. The summed E-state index contributed by atoms with van der Waals surface area (Å²) in [6, 6.07) is 5.21. The molecule has 0 radical (unpaired) electrons. The summed E-state index contributed by atoms with van der Waals surface area (Å²) in [6.45, 7) is 6.68. The lowest BCUT2D eigenvalue weighted by molar-refractivity contribution is 0.412. The van der Waals surface area contributed by atoms with E-state index in [0.29, 0.717) is 12.2 Å². The van der Waals surface area contributed by atoms with Gasteiger partial charge in [0.25, 0.3) is 0 Å². The van der Waals surface area contributed by atoms with Crippen molar-refractivity contribution >= 4 is 15.7 Å². The quantitative estimate of drug-likeness (QED) is 0.801. The lowest BCUT2D eigenvalue weighted by Gasteiger charge is -2.16. The van der Waals surface area contributed by atoms with Gasteiger partial charge in [-0.3, -0.25) is 4.72 Å². The van der Waals surface area contributed by atoms with Crippen LogP contribution in [0.3, 0.4) is 0 Å². The fourth-order valence-corrected chi connectivity index (χ4v) is 2.66. The summed E-state index contributed by atoms with van der Waals surface area (Å²) in [7, 11) is -1.79. The highest BCUT2D eigenvalue weighted by atomic mass is 32.2. The number of sulfonamides is 1. The molecule has 0 aromatic heterocycles. The van der Waals surface area contributed by atoms with Crippen LogP contribution < -0.4 is 14.8 Å². The summed E-state index contributed by atoms with van der Waals surface area (Å²) < 4.78 is 31.9. The molecule has 19 heavy (non-hydrogen) atoms. The highest BCUT2D eigenvalue weighted by Crippen LogP contribution is 2.22. The summed E-state index contributed by atoms with van der Waals surface area (Å²) in [5.74, 6) is 0.739. The minimum atomic E-state index is -3.38. The summed E-state index contributed by atoms with van der Waals surface area (Å²) in [5, 5.41) is 2.54. The van der Waals surface area contributed by atoms with Crippen molar-refractivity contribution in [1.29, 1.82) is 0 Å². The lowest BCUT2D eigenvalue weighted by atomic mass is 10.2. The van der Waals surface area contributed by atoms with E-state index in [9.17, 15) is 8.42 Å². The van der Waals surface area contributed by atoms with Gasteiger partial charge in [-0.2, -0.15) is 0 Å². The zero-order valence-corrected chi connectivity index (χ0v) is 12.7. The molecule has 1 unspecified atom stereocenters. The number of nitrogens with one attached hydrogen (secondary N) is 2. The number of aryl methyl sites for hydroxylation is 1. The number of hydrogen-bond acceptors (Lipinski definition) is 4. The third-order valence-corrected chi connectivity index (χ3v) is 4.61. The Morgan fingerprint density at radius 1 is 1.37 bits per heavy atom. The molecule has 0 aliphatic carbocycles. The molecule has 0 amide bonds. The number of benzene rings is 1. The van der Waals surface area contributed by atoms with Crippen LogP contribution in [0.5, 0.6) is 5.75 Å². The van der Waals surface area contributed by atoms with Gasteiger partial charge in [0.2, 0.25) is 10.0 Å². The van der Waals surface area contributed by atoms with Crippen LogP contribution in [0.4, 0.5) is 5.69 Å². The first kappa shape index (κ1) is 15.8. The van der Waals surface area contributed by atoms with Gasteiger partial charge in [-0.15, -0.1) is 0 Å². The fourth-order valence-electron chi connectivity index (χ4n) is 1.66. The standard InChI is InChI=1S/C13H22N2O3S/c1-5-14-9-11(3)19(16,17)15-12-6-7-13(18-4)10(2)8-12/h6-8,11,14-15H,5,9H2,1-4H3. The third-order valence-electron chi connectivity index (χ3n) is 2.87.